The van der Waals surface area contributed by atoms with Crippen molar-refractivity contribution in [3.05, 3.63) is 36.3 Å². The molecule has 226 valence electrons. The van der Waals surface area contributed by atoms with Crippen molar-refractivity contribution in [3.8, 4) is 17.0 Å². The van der Waals surface area contributed by atoms with Crippen molar-refractivity contribution in [2.24, 2.45) is 0 Å². The summed E-state index contributed by atoms with van der Waals surface area (Å²) in [6, 6.07) is 5.89. The summed E-state index contributed by atoms with van der Waals surface area (Å²) in [5.41, 5.74) is 10.5. The van der Waals surface area contributed by atoms with Gasteiger partial charge in [0.2, 0.25) is 10.0 Å². The third kappa shape index (κ3) is 5.13. The number of sulfonamides is 1. The maximum atomic E-state index is 12.4. The summed E-state index contributed by atoms with van der Waals surface area (Å²) in [5.74, 6) is 1.83. The van der Waals surface area contributed by atoms with Gasteiger partial charge in [-0.05, 0) is 45.9 Å². The first-order valence-electron chi connectivity index (χ1n) is 14.0. The van der Waals surface area contributed by atoms with E-state index in [1.54, 1.807) is 19.4 Å². The number of nitrogens with one attached hydrogen (secondary N) is 1. The highest BCUT2D eigenvalue weighted by molar-refractivity contribution is 7.92. The number of methoxy groups -OCH3 is 1. The van der Waals surface area contributed by atoms with Gasteiger partial charge in [-0.1, -0.05) is 0 Å². The number of oxazole rings is 1. The van der Waals surface area contributed by atoms with Crippen molar-refractivity contribution in [1.29, 1.82) is 0 Å². The molecule has 1 aromatic carbocycles. The van der Waals surface area contributed by atoms with Crippen LogP contribution in [0.15, 0.2) is 35.1 Å². The molecule has 0 spiro atoms. The minimum absolute atomic E-state index is 0.0464. The van der Waals surface area contributed by atoms with Crippen molar-refractivity contribution in [2.45, 2.75) is 33.7 Å². The summed E-state index contributed by atoms with van der Waals surface area (Å²) >= 11 is 0. The average Bonchev–Trinajstić information content (AvgIpc) is 3.58. The second-order valence-corrected chi connectivity index (χ2v) is 12.7. The first-order chi connectivity index (χ1) is 20.6. The average molecular weight is 607 g/mol. The number of nitrogen functional groups attached to an aromatic ring is 1. The molecule has 15 heteroatoms. The lowest BCUT2D eigenvalue weighted by Crippen LogP contribution is -2.47. The molecule has 0 saturated carbocycles. The maximum absolute atomic E-state index is 12.4. The first-order valence-corrected chi connectivity index (χ1v) is 15.7. The molecule has 1 fully saturated rings. The van der Waals surface area contributed by atoms with Gasteiger partial charge in [0.1, 0.15) is 29.2 Å². The molecule has 5 aromatic rings. The van der Waals surface area contributed by atoms with Crippen molar-refractivity contribution >= 4 is 55.5 Å². The molecule has 0 bridgehead atoms. The number of aromatic nitrogens is 6. The lowest BCUT2D eigenvalue weighted by molar-refractivity contribution is 0.414. The van der Waals surface area contributed by atoms with E-state index in [0.29, 0.717) is 60.1 Å². The van der Waals surface area contributed by atoms with Gasteiger partial charge in [-0.15, -0.1) is 0 Å². The number of anilines is 4. The second kappa shape index (κ2) is 10.9. The van der Waals surface area contributed by atoms with E-state index in [1.165, 1.54) is 7.11 Å². The Balaban J connectivity index is 1.34. The lowest BCUT2D eigenvalue weighted by atomic mass is 10.1. The molecule has 1 aliphatic heterocycles. The number of hydrogen-bond acceptors (Lipinski definition) is 12. The van der Waals surface area contributed by atoms with E-state index in [9.17, 15) is 8.42 Å². The number of rotatable bonds is 8. The number of ether oxygens (including phenoxy) is 1. The number of fused-ring (bicyclic) bond motifs is 2. The lowest BCUT2D eigenvalue weighted by Gasteiger charge is -2.37. The first kappa shape index (κ1) is 28.5. The van der Waals surface area contributed by atoms with E-state index in [1.807, 2.05) is 29.8 Å². The van der Waals surface area contributed by atoms with Crippen LogP contribution >= 0.6 is 0 Å². The molecule has 0 atom stereocenters. The van der Waals surface area contributed by atoms with Gasteiger partial charge in [0.15, 0.2) is 17.0 Å². The third-order valence-corrected chi connectivity index (χ3v) is 8.91. The zero-order chi connectivity index (χ0) is 30.5. The van der Waals surface area contributed by atoms with Crippen LogP contribution in [0.25, 0.3) is 33.4 Å². The standard InChI is InChI=1S/C28H34N10O4S/c1-6-43(39,40)35-23-17(4)25(30-14-21(23)41-5)36-9-11-37(12-10-36)26-22-24(34-38(16(2)3)27(22)32-15-31-26)18-7-8-20-19(13-18)33-28(29)42-20/h7-8,13-16H,6,9-12H2,1-5H3,(H2,29,33)(H,30,35). The van der Waals surface area contributed by atoms with Gasteiger partial charge in [-0.3, -0.25) is 4.72 Å². The fraction of sp³-hybridized carbons (Fsp3) is 0.393. The van der Waals surface area contributed by atoms with E-state index in [-0.39, 0.29) is 17.8 Å². The van der Waals surface area contributed by atoms with E-state index >= 15 is 0 Å². The molecule has 0 amide bonds. The number of benzene rings is 1. The van der Waals surface area contributed by atoms with Gasteiger partial charge >= 0.3 is 0 Å². The predicted octanol–water partition coefficient (Wildman–Crippen LogP) is 3.60. The summed E-state index contributed by atoms with van der Waals surface area (Å²) < 4.78 is 40.2. The number of nitrogens with two attached hydrogens (primary N) is 1. The highest BCUT2D eigenvalue weighted by Gasteiger charge is 2.28. The van der Waals surface area contributed by atoms with Crippen molar-refractivity contribution < 1.29 is 17.6 Å². The van der Waals surface area contributed by atoms with Crippen LogP contribution in [0.1, 0.15) is 32.4 Å². The van der Waals surface area contributed by atoms with Crippen molar-refractivity contribution in [1.82, 2.24) is 29.7 Å². The summed E-state index contributed by atoms with van der Waals surface area (Å²) in [7, 11) is -2.01. The molecular weight excluding hydrogens is 572 g/mol. The normalized spacial score (nSPS) is 14.3. The third-order valence-electron chi connectivity index (χ3n) is 7.63. The number of pyridine rings is 1. The predicted molar refractivity (Wildman–Crippen MR) is 166 cm³/mol. The molecule has 4 aromatic heterocycles. The number of nitrogens with zero attached hydrogens (tertiary/aromatic N) is 8. The Labute approximate surface area is 248 Å². The molecular formula is C28H34N10O4S. The molecule has 1 aliphatic rings. The molecule has 3 N–H and O–H groups in total. The van der Waals surface area contributed by atoms with Crippen molar-refractivity contribution in [3.63, 3.8) is 0 Å². The van der Waals surface area contributed by atoms with Crippen LogP contribution in [-0.2, 0) is 10.0 Å². The Morgan fingerprint density at radius 3 is 2.49 bits per heavy atom. The molecule has 0 aliphatic carbocycles. The Bertz CT molecular complexity index is 1930. The molecule has 6 rings (SSSR count). The van der Waals surface area contributed by atoms with Gasteiger partial charge in [-0.2, -0.15) is 10.1 Å². The summed E-state index contributed by atoms with van der Waals surface area (Å²) in [5, 5.41) is 5.83. The van der Waals surface area contributed by atoms with Crippen LogP contribution in [0.4, 0.5) is 23.3 Å². The Morgan fingerprint density at radius 1 is 1.09 bits per heavy atom. The quantitative estimate of drug-likeness (QED) is 0.263. The second-order valence-electron chi connectivity index (χ2n) is 10.6. The monoisotopic (exact) mass is 606 g/mol. The summed E-state index contributed by atoms with van der Waals surface area (Å²) in [6.45, 7) is 10.2. The van der Waals surface area contributed by atoms with E-state index in [2.05, 4.69) is 43.3 Å². The fourth-order valence-corrected chi connectivity index (χ4v) is 6.10. The molecule has 0 unspecified atom stereocenters. The van der Waals surface area contributed by atoms with Gasteiger partial charge in [0.25, 0.3) is 6.01 Å². The summed E-state index contributed by atoms with van der Waals surface area (Å²) in [4.78, 5) is 22.7. The van der Waals surface area contributed by atoms with Crippen LogP contribution in [0, 0.1) is 6.92 Å². The number of piperazine rings is 1. The van der Waals surface area contributed by atoms with Crippen LogP contribution in [0.2, 0.25) is 0 Å². The zero-order valence-corrected chi connectivity index (χ0v) is 25.5. The molecule has 5 heterocycles. The SMILES string of the molecule is CCS(=O)(=O)Nc1c(OC)cnc(N2CCN(c3ncnc4c3c(-c3ccc5oc(N)nc5c3)nn4C(C)C)CC2)c1C. The van der Waals surface area contributed by atoms with Crippen LogP contribution < -0.4 is 25.0 Å². The van der Waals surface area contributed by atoms with Gasteiger partial charge in [0.05, 0.1) is 30.1 Å². The topological polar surface area (TPSA) is 170 Å². The van der Waals surface area contributed by atoms with Gasteiger partial charge in [-0.25, -0.2) is 28.1 Å². The van der Waals surface area contributed by atoms with Crippen molar-refractivity contribution in [2.75, 3.05) is 59.3 Å². The van der Waals surface area contributed by atoms with Crippen LogP contribution in [-0.4, -0.2) is 77.2 Å². The van der Waals surface area contributed by atoms with Crippen LogP contribution in [0.5, 0.6) is 5.75 Å². The molecule has 0 radical (unpaired) electrons. The Hall–Kier alpha value is -4.66. The van der Waals surface area contributed by atoms with E-state index < -0.39 is 10.0 Å². The molecule has 43 heavy (non-hydrogen) atoms. The number of hydrogen-bond donors (Lipinski definition) is 2. The largest absolute Gasteiger partial charge is 0.493 e. The minimum atomic E-state index is -3.51. The summed E-state index contributed by atoms with van der Waals surface area (Å²) in [6.07, 6.45) is 3.14. The van der Waals surface area contributed by atoms with E-state index in [4.69, 9.17) is 25.0 Å². The highest BCUT2D eigenvalue weighted by Crippen LogP contribution is 2.38. The molecule has 14 nitrogen and oxygen atoms in total. The molecule has 1 saturated heterocycles. The zero-order valence-electron chi connectivity index (χ0n) is 24.7. The van der Waals surface area contributed by atoms with E-state index in [0.717, 1.165) is 28.1 Å². The Morgan fingerprint density at radius 2 is 1.81 bits per heavy atom. The maximum Gasteiger partial charge on any atom is 0.292 e. The Kier molecular flexibility index (Phi) is 7.20. The smallest absolute Gasteiger partial charge is 0.292 e. The van der Waals surface area contributed by atoms with Gasteiger partial charge in [0, 0.05) is 43.3 Å². The minimum Gasteiger partial charge on any atom is -0.493 e. The fourth-order valence-electron chi connectivity index (χ4n) is 5.39. The highest BCUT2D eigenvalue weighted by atomic mass is 32.2. The van der Waals surface area contributed by atoms with Gasteiger partial charge < -0.3 is 24.7 Å². The van der Waals surface area contributed by atoms with Crippen LogP contribution in [0.3, 0.4) is 0 Å².